The summed E-state index contributed by atoms with van der Waals surface area (Å²) in [6.45, 7) is 0. The molecule has 0 fully saturated rings. The van der Waals surface area contributed by atoms with Crippen molar-refractivity contribution in [3.8, 4) is 11.6 Å². The Morgan fingerprint density at radius 1 is 1.50 bits per heavy atom. The van der Waals surface area contributed by atoms with Gasteiger partial charge in [-0.1, -0.05) is 5.21 Å². The molecule has 0 aliphatic heterocycles. The SMILES string of the molecule is COc1cc(N)cnc1-n1ccnn1. The van der Waals surface area contributed by atoms with Gasteiger partial charge in [0.1, 0.15) is 0 Å². The Labute approximate surface area is 80.3 Å². The van der Waals surface area contributed by atoms with Crippen molar-refractivity contribution in [3.63, 3.8) is 0 Å². The van der Waals surface area contributed by atoms with E-state index < -0.39 is 0 Å². The first kappa shape index (κ1) is 8.49. The van der Waals surface area contributed by atoms with Gasteiger partial charge in [0.2, 0.25) is 0 Å². The molecule has 6 nitrogen and oxygen atoms in total. The summed E-state index contributed by atoms with van der Waals surface area (Å²) in [5, 5.41) is 7.49. The van der Waals surface area contributed by atoms with Gasteiger partial charge in [-0.3, -0.25) is 0 Å². The van der Waals surface area contributed by atoms with Gasteiger partial charge < -0.3 is 10.5 Å². The first-order valence-corrected chi connectivity index (χ1v) is 3.97. The van der Waals surface area contributed by atoms with Crippen LogP contribution in [0, 0.1) is 0 Å². The molecule has 0 saturated heterocycles. The molecule has 0 unspecified atom stereocenters. The van der Waals surface area contributed by atoms with Crippen LogP contribution in [0.15, 0.2) is 24.7 Å². The molecular formula is C8H9N5O. The second-order valence-electron chi connectivity index (χ2n) is 2.64. The average molecular weight is 191 g/mol. The number of nitrogens with zero attached hydrogens (tertiary/aromatic N) is 4. The van der Waals surface area contributed by atoms with Crippen LogP contribution in [-0.2, 0) is 0 Å². The predicted molar refractivity (Wildman–Crippen MR) is 50.1 cm³/mol. The second kappa shape index (κ2) is 3.33. The Hall–Kier alpha value is -2.11. The van der Waals surface area contributed by atoms with E-state index in [4.69, 9.17) is 10.5 Å². The van der Waals surface area contributed by atoms with Gasteiger partial charge in [-0.2, -0.15) is 4.68 Å². The molecule has 0 spiro atoms. The summed E-state index contributed by atoms with van der Waals surface area (Å²) in [6.07, 6.45) is 4.79. The molecule has 14 heavy (non-hydrogen) atoms. The normalized spacial score (nSPS) is 10.1. The van der Waals surface area contributed by atoms with Crippen molar-refractivity contribution in [2.24, 2.45) is 0 Å². The van der Waals surface area contributed by atoms with Crippen molar-refractivity contribution in [1.29, 1.82) is 0 Å². The van der Waals surface area contributed by atoms with Crippen LogP contribution in [0.3, 0.4) is 0 Å². The largest absolute Gasteiger partial charge is 0.493 e. The maximum atomic E-state index is 5.57. The summed E-state index contributed by atoms with van der Waals surface area (Å²) in [5.41, 5.74) is 6.12. The number of nitrogen functional groups attached to an aromatic ring is 1. The highest BCUT2D eigenvalue weighted by molar-refractivity contribution is 5.49. The number of rotatable bonds is 2. The third-order valence-electron chi connectivity index (χ3n) is 1.71. The first-order chi connectivity index (χ1) is 6.81. The van der Waals surface area contributed by atoms with Gasteiger partial charge in [0.25, 0.3) is 0 Å². The molecule has 0 bridgehead atoms. The number of aromatic nitrogens is 4. The minimum absolute atomic E-state index is 0.547. The molecule has 2 rings (SSSR count). The molecule has 0 aliphatic carbocycles. The number of ether oxygens (including phenoxy) is 1. The molecule has 0 amide bonds. The highest BCUT2D eigenvalue weighted by atomic mass is 16.5. The minimum atomic E-state index is 0.547. The molecule has 6 heteroatoms. The molecule has 2 heterocycles. The van der Waals surface area contributed by atoms with Crippen molar-refractivity contribution >= 4 is 5.69 Å². The van der Waals surface area contributed by atoms with Gasteiger partial charge in [0, 0.05) is 6.07 Å². The van der Waals surface area contributed by atoms with Gasteiger partial charge in [-0.05, 0) is 0 Å². The number of hydrogen-bond donors (Lipinski definition) is 1. The van der Waals surface area contributed by atoms with E-state index in [1.54, 1.807) is 31.8 Å². The van der Waals surface area contributed by atoms with Crippen molar-refractivity contribution in [2.75, 3.05) is 12.8 Å². The first-order valence-electron chi connectivity index (χ1n) is 3.97. The molecule has 0 aromatic carbocycles. The van der Waals surface area contributed by atoms with E-state index in [1.165, 1.54) is 4.68 Å². The lowest BCUT2D eigenvalue weighted by molar-refractivity contribution is 0.409. The highest BCUT2D eigenvalue weighted by Gasteiger charge is 2.07. The Bertz CT molecular complexity index is 425. The predicted octanol–water partition coefficient (Wildman–Crippen LogP) is 0.253. The Morgan fingerprint density at radius 2 is 2.36 bits per heavy atom. The van der Waals surface area contributed by atoms with Crippen LogP contribution in [0.1, 0.15) is 0 Å². The Morgan fingerprint density at radius 3 is 3.00 bits per heavy atom. The molecule has 0 saturated carbocycles. The monoisotopic (exact) mass is 191 g/mol. The van der Waals surface area contributed by atoms with Gasteiger partial charge in [-0.25, -0.2) is 4.98 Å². The molecule has 0 aliphatic rings. The van der Waals surface area contributed by atoms with E-state index in [0.29, 0.717) is 17.3 Å². The van der Waals surface area contributed by atoms with Crippen LogP contribution in [0.2, 0.25) is 0 Å². The lowest BCUT2D eigenvalue weighted by Crippen LogP contribution is -2.02. The molecule has 2 aromatic rings. The summed E-state index contributed by atoms with van der Waals surface area (Å²) >= 11 is 0. The summed E-state index contributed by atoms with van der Waals surface area (Å²) in [7, 11) is 1.55. The summed E-state index contributed by atoms with van der Waals surface area (Å²) in [4.78, 5) is 4.10. The summed E-state index contributed by atoms with van der Waals surface area (Å²) < 4.78 is 6.63. The van der Waals surface area contributed by atoms with Crippen LogP contribution in [0.5, 0.6) is 5.75 Å². The topological polar surface area (TPSA) is 78.9 Å². The fraction of sp³-hybridized carbons (Fsp3) is 0.125. The van der Waals surface area contributed by atoms with Gasteiger partial charge in [0.05, 0.1) is 31.4 Å². The quantitative estimate of drug-likeness (QED) is 0.736. The smallest absolute Gasteiger partial charge is 0.197 e. The molecule has 0 atom stereocenters. The third kappa shape index (κ3) is 1.37. The average Bonchev–Trinajstić information content (AvgIpc) is 2.70. The van der Waals surface area contributed by atoms with Gasteiger partial charge in [-0.15, -0.1) is 5.10 Å². The fourth-order valence-electron chi connectivity index (χ4n) is 1.10. The lowest BCUT2D eigenvalue weighted by atomic mass is 10.4. The van der Waals surface area contributed by atoms with Crippen LogP contribution in [0.25, 0.3) is 5.82 Å². The third-order valence-corrected chi connectivity index (χ3v) is 1.71. The van der Waals surface area contributed by atoms with E-state index in [0.717, 1.165) is 0 Å². The van der Waals surface area contributed by atoms with Crippen molar-refractivity contribution < 1.29 is 4.74 Å². The number of pyridine rings is 1. The number of hydrogen-bond acceptors (Lipinski definition) is 5. The maximum absolute atomic E-state index is 5.57. The van der Waals surface area contributed by atoms with E-state index in [9.17, 15) is 0 Å². The highest BCUT2D eigenvalue weighted by Crippen LogP contribution is 2.21. The van der Waals surface area contributed by atoms with Crippen LogP contribution < -0.4 is 10.5 Å². The maximum Gasteiger partial charge on any atom is 0.197 e. The molecule has 2 aromatic heterocycles. The standard InChI is InChI=1S/C8H9N5O/c1-14-7-4-6(9)5-10-8(7)13-3-2-11-12-13/h2-5H,9H2,1H3. The van der Waals surface area contributed by atoms with Crippen LogP contribution >= 0.6 is 0 Å². The van der Waals surface area contributed by atoms with E-state index in [2.05, 4.69) is 15.3 Å². The number of anilines is 1. The second-order valence-corrected chi connectivity index (χ2v) is 2.64. The molecule has 0 radical (unpaired) electrons. The number of nitrogens with two attached hydrogens (primary N) is 1. The lowest BCUT2D eigenvalue weighted by Gasteiger charge is -2.06. The van der Waals surface area contributed by atoms with Crippen LogP contribution in [0.4, 0.5) is 5.69 Å². The zero-order valence-corrected chi connectivity index (χ0v) is 7.58. The van der Waals surface area contributed by atoms with Crippen LogP contribution in [-0.4, -0.2) is 27.1 Å². The van der Waals surface area contributed by atoms with E-state index in [-0.39, 0.29) is 0 Å². The molecule has 2 N–H and O–H groups in total. The Balaban J connectivity index is 2.53. The Kier molecular flexibility index (Phi) is 2.02. The van der Waals surface area contributed by atoms with Crippen molar-refractivity contribution in [2.45, 2.75) is 0 Å². The molecular weight excluding hydrogens is 182 g/mol. The van der Waals surface area contributed by atoms with Gasteiger partial charge >= 0.3 is 0 Å². The van der Waals surface area contributed by atoms with Crippen molar-refractivity contribution in [3.05, 3.63) is 24.7 Å². The minimum Gasteiger partial charge on any atom is -0.493 e. The van der Waals surface area contributed by atoms with Gasteiger partial charge in [0.15, 0.2) is 11.6 Å². The zero-order valence-electron chi connectivity index (χ0n) is 7.58. The van der Waals surface area contributed by atoms with E-state index in [1.807, 2.05) is 0 Å². The molecule has 72 valence electrons. The number of methoxy groups -OCH3 is 1. The summed E-state index contributed by atoms with van der Waals surface area (Å²) in [6, 6.07) is 1.68. The zero-order chi connectivity index (χ0) is 9.97. The van der Waals surface area contributed by atoms with Crippen molar-refractivity contribution in [1.82, 2.24) is 20.0 Å². The fourth-order valence-corrected chi connectivity index (χ4v) is 1.10. The summed E-state index contributed by atoms with van der Waals surface area (Å²) in [5.74, 6) is 1.13. The van der Waals surface area contributed by atoms with E-state index >= 15 is 0 Å².